The third kappa shape index (κ3) is 4.70. The van der Waals surface area contributed by atoms with Crippen LogP contribution in [0.4, 0.5) is 21.3 Å². The number of aromatic nitrogens is 1. The molecule has 0 fully saturated rings. The van der Waals surface area contributed by atoms with Crippen LogP contribution >= 0.6 is 22.9 Å². The van der Waals surface area contributed by atoms with Gasteiger partial charge in [-0.25, -0.2) is 18.2 Å². The number of sulfonamides is 1. The lowest BCUT2D eigenvalue weighted by Gasteiger charge is -2.07. The molecule has 30 heavy (non-hydrogen) atoms. The first-order valence-corrected chi connectivity index (χ1v) is 11.4. The van der Waals surface area contributed by atoms with Crippen molar-refractivity contribution >= 4 is 65.7 Å². The normalized spacial score (nSPS) is 11.2. The second kappa shape index (κ2) is 8.31. The van der Waals surface area contributed by atoms with Crippen molar-refractivity contribution in [2.75, 3.05) is 15.4 Å². The van der Waals surface area contributed by atoms with Crippen molar-refractivity contribution in [2.24, 2.45) is 0 Å². The largest absolute Gasteiger partial charge is 0.323 e. The van der Waals surface area contributed by atoms with E-state index >= 15 is 0 Å². The van der Waals surface area contributed by atoms with Crippen molar-refractivity contribution in [1.29, 1.82) is 0 Å². The molecule has 3 N–H and O–H groups in total. The van der Waals surface area contributed by atoms with Crippen LogP contribution in [0.5, 0.6) is 0 Å². The van der Waals surface area contributed by atoms with Gasteiger partial charge in [-0.3, -0.25) is 4.72 Å². The van der Waals surface area contributed by atoms with E-state index in [2.05, 4.69) is 20.3 Å². The minimum absolute atomic E-state index is 0.157. The van der Waals surface area contributed by atoms with Gasteiger partial charge in [0.05, 0.1) is 15.1 Å². The maximum Gasteiger partial charge on any atom is 0.323 e. The zero-order valence-electron chi connectivity index (χ0n) is 15.3. The Labute approximate surface area is 181 Å². The summed E-state index contributed by atoms with van der Waals surface area (Å²) in [5.41, 5.74) is 1.64. The zero-order chi connectivity index (χ0) is 21.1. The summed E-state index contributed by atoms with van der Waals surface area (Å²) in [6, 6.07) is 19.6. The Hall–Kier alpha value is -3.14. The Morgan fingerprint density at radius 3 is 2.37 bits per heavy atom. The van der Waals surface area contributed by atoms with Crippen molar-refractivity contribution < 1.29 is 13.2 Å². The number of nitrogens with one attached hydrogen (secondary N) is 3. The number of nitrogens with zero attached hydrogens (tertiary/aromatic N) is 1. The van der Waals surface area contributed by atoms with E-state index in [1.165, 1.54) is 23.5 Å². The summed E-state index contributed by atoms with van der Waals surface area (Å²) in [6.07, 6.45) is 0. The standard InChI is InChI=1S/C20H15ClN4O3S2/c21-13-5-4-6-14(11-13)22-19(26)23-15-9-10-18-17(12-15)24-20(29-18)25-30(27,28)16-7-2-1-3-8-16/h1-12H,(H,24,25)(H2,22,23,26). The highest BCUT2D eigenvalue weighted by Gasteiger charge is 2.16. The van der Waals surface area contributed by atoms with Gasteiger partial charge in [-0.15, -0.1) is 0 Å². The van der Waals surface area contributed by atoms with Gasteiger partial charge in [0.15, 0.2) is 5.13 Å². The highest BCUT2D eigenvalue weighted by atomic mass is 35.5. The Bertz CT molecular complexity index is 1320. The van der Waals surface area contributed by atoms with Gasteiger partial charge in [0, 0.05) is 16.4 Å². The van der Waals surface area contributed by atoms with E-state index in [1.807, 2.05) is 0 Å². The quantitative estimate of drug-likeness (QED) is 0.373. The van der Waals surface area contributed by atoms with E-state index in [4.69, 9.17) is 11.6 Å². The van der Waals surface area contributed by atoms with Crippen molar-refractivity contribution in [3.05, 3.63) is 77.8 Å². The summed E-state index contributed by atoms with van der Waals surface area (Å²) in [4.78, 5) is 16.7. The van der Waals surface area contributed by atoms with Gasteiger partial charge < -0.3 is 10.6 Å². The molecule has 0 unspecified atom stereocenters. The monoisotopic (exact) mass is 458 g/mol. The fourth-order valence-electron chi connectivity index (χ4n) is 2.68. The summed E-state index contributed by atoms with van der Waals surface area (Å²) in [5.74, 6) is 0. The fraction of sp³-hybridized carbons (Fsp3) is 0. The third-order valence-corrected chi connectivity index (χ3v) is 6.67. The zero-order valence-corrected chi connectivity index (χ0v) is 17.7. The van der Waals surface area contributed by atoms with Crippen LogP contribution in [0.15, 0.2) is 77.7 Å². The number of halogens is 1. The van der Waals surface area contributed by atoms with Gasteiger partial charge in [-0.1, -0.05) is 47.2 Å². The molecule has 0 spiro atoms. The maximum absolute atomic E-state index is 12.5. The Balaban J connectivity index is 1.49. The second-order valence-electron chi connectivity index (χ2n) is 6.21. The van der Waals surface area contributed by atoms with Gasteiger partial charge in [0.1, 0.15) is 0 Å². The number of hydrogen-bond acceptors (Lipinski definition) is 5. The van der Waals surface area contributed by atoms with Crippen LogP contribution in [0.1, 0.15) is 0 Å². The topological polar surface area (TPSA) is 100 Å². The van der Waals surface area contributed by atoms with Gasteiger partial charge in [0.2, 0.25) is 0 Å². The van der Waals surface area contributed by atoms with Crippen LogP contribution in [0.25, 0.3) is 10.2 Å². The minimum atomic E-state index is -3.72. The van der Waals surface area contributed by atoms with Crippen LogP contribution in [-0.4, -0.2) is 19.4 Å². The predicted molar refractivity (Wildman–Crippen MR) is 121 cm³/mol. The van der Waals surface area contributed by atoms with Crippen LogP contribution in [0, 0.1) is 0 Å². The maximum atomic E-state index is 12.5. The molecule has 2 amide bonds. The Morgan fingerprint density at radius 2 is 1.63 bits per heavy atom. The molecule has 10 heteroatoms. The Morgan fingerprint density at radius 1 is 0.900 bits per heavy atom. The lowest BCUT2D eigenvalue weighted by Crippen LogP contribution is -2.19. The van der Waals surface area contributed by atoms with Gasteiger partial charge in [0.25, 0.3) is 10.0 Å². The highest BCUT2D eigenvalue weighted by Crippen LogP contribution is 2.29. The SMILES string of the molecule is O=C(Nc1cccc(Cl)c1)Nc1ccc2sc(NS(=O)(=O)c3ccccc3)nc2c1. The molecule has 0 radical (unpaired) electrons. The van der Waals surface area contributed by atoms with E-state index in [-0.39, 0.29) is 10.0 Å². The van der Waals surface area contributed by atoms with Crippen molar-refractivity contribution in [3.8, 4) is 0 Å². The number of carbonyl (C=O) groups excluding carboxylic acids is 1. The van der Waals surface area contributed by atoms with Gasteiger partial charge in [-0.05, 0) is 48.5 Å². The van der Waals surface area contributed by atoms with Crippen LogP contribution < -0.4 is 15.4 Å². The molecule has 0 aliphatic heterocycles. The number of fused-ring (bicyclic) bond motifs is 1. The van der Waals surface area contributed by atoms with E-state index in [0.717, 1.165) is 4.70 Å². The summed E-state index contributed by atoms with van der Waals surface area (Å²) >= 11 is 7.12. The average molecular weight is 459 g/mol. The summed E-state index contributed by atoms with van der Waals surface area (Å²) in [6.45, 7) is 0. The molecule has 0 aliphatic carbocycles. The third-order valence-electron chi connectivity index (χ3n) is 4.00. The molecule has 4 aromatic rings. The molecule has 4 rings (SSSR count). The van der Waals surface area contributed by atoms with Gasteiger partial charge in [-0.2, -0.15) is 0 Å². The smallest absolute Gasteiger partial charge is 0.308 e. The number of amides is 2. The number of thiazole rings is 1. The highest BCUT2D eigenvalue weighted by molar-refractivity contribution is 7.93. The molecule has 0 bridgehead atoms. The molecule has 0 saturated heterocycles. The number of rotatable bonds is 5. The molecular weight excluding hydrogens is 444 g/mol. The van der Waals surface area contributed by atoms with Crippen LogP contribution in [0.2, 0.25) is 5.02 Å². The number of hydrogen-bond donors (Lipinski definition) is 3. The summed E-state index contributed by atoms with van der Waals surface area (Å²) in [7, 11) is -3.72. The average Bonchev–Trinajstić information content (AvgIpc) is 3.09. The summed E-state index contributed by atoms with van der Waals surface area (Å²) < 4.78 is 28.2. The molecule has 1 heterocycles. The number of anilines is 3. The molecule has 0 atom stereocenters. The van der Waals surface area contributed by atoms with Gasteiger partial charge >= 0.3 is 6.03 Å². The van der Waals surface area contributed by atoms with Crippen molar-refractivity contribution in [3.63, 3.8) is 0 Å². The van der Waals surface area contributed by atoms with Crippen molar-refractivity contribution in [1.82, 2.24) is 4.98 Å². The van der Waals surface area contributed by atoms with Crippen LogP contribution in [0.3, 0.4) is 0 Å². The first-order chi connectivity index (χ1) is 14.4. The van der Waals surface area contributed by atoms with Crippen LogP contribution in [-0.2, 0) is 10.0 Å². The lowest BCUT2D eigenvalue weighted by molar-refractivity contribution is 0.262. The minimum Gasteiger partial charge on any atom is -0.308 e. The fourth-order valence-corrected chi connectivity index (χ4v) is 4.97. The number of benzene rings is 3. The van der Waals surface area contributed by atoms with E-state index in [9.17, 15) is 13.2 Å². The Kier molecular flexibility index (Phi) is 5.58. The van der Waals surface area contributed by atoms with E-state index in [0.29, 0.717) is 21.9 Å². The lowest BCUT2D eigenvalue weighted by atomic mass is 10.3. The number of urea groups is 1. The van der Waals surface area contributed by atoms with E-state index in [1.54, 1.807) is 60.7 Å². The summed E-state index contributed by atoms with van der Waals surface area (Å²) in [5, 5.41) is 6.17. The first kappa shape index (κ1) is 20.1. The first-order valence-electron chi connectivity index (χ1n) is 8.71. The molecule has 152 valence electrons. The predicted octanol–water partition coefficient (Wildman–Crippen LogP) is 5.39. The van der Waals surface area contributed by atoms with Crippen molar-refractivity contribution in [2.45, 2.75) is 4.90 Å². The molecular formula is C20H15ClN4O3S2. The molecule has 1 aromatic heterocycles. The second-order valence-corrected chi connectivity index (χ2v) is 9.36. The molecule has 0 aliphatic rings. The van der Waals surface area contributed by atoms with E-state index < -0.39 is 16.1 Å². The number of carbonyl (C=O) groups is 1. The molecule has 7 nitrogen and oxygen atoms in total. The molecule has 0 saturated carbocycles. The molecule has 3 aromatic carbocycles.